The molecule has 0 amide bonds. The normalized spacial score (nSPS) is 39.8. The van der Waals surface area contributed by atoms with Crippen LogP contribution in [0.4, 0.5) is 22.0 Å². The minimum absolute atomic E-state index is 0.348. The Morgan fingerprint density at radius 1 is 0.593 bits per heavy atom. The first kappa shape index (κ1) is 21.1. The number of allylic oxidation sites excluding steroid dienone is 2. The van der Waals surface area contributed by atoms with Gasteiger partial charge in [0.2, 0.25) is 5.83 Å². The van der Waals surface area contributed by atoms with Crippen LogP contribution in [0.2, 0.25) is 0 Å². The Hall–Kier alpha value is -0.610. The largest absolute Gasteiger partial charge is 0.445 e. The van der Waals surface area contributed by atoms with Gasteiger partial charge in [0, 0.05) is 5.92 Å². The summed E-state index contributed by atoms with van der Waals surface area (Å²) in [7, 11) is 0. The van der Waals surface area contributed by atoms with Gasteiger partial charge in [-0.1, -0.05) is 19.8 Å². The molecule has 0 nitrogen and oxygen atoms in total. The molecule has 0 aromatic carbocycles. The van der Waals surface area contributed by atoms with Crippen LogP contribution in [0.1, 0.15) is 84.0 Å². The van der Waals surface area contributed by atoms with E-state index in [4.69, 9.17) is 0 Å². The molecule has 5 heteroatoms. The highest BCUT2D eigenvalue weighted by Gasteiger charge is 2.41. The highest BCUT2D eigenvalue weighted by molar-refractivity contribution is 5.10. The zero-order valence-electron chi connectivity index (χ0n) is 16.3. The average Bonchev–Trinajstić information content (AvgIpc) is 2.67. The van der Waals surface area contributed by atoms with Crippen molar-refractivity contribution in [2.24, 2.45) is 35.5 Å². The fourth-order valence-corrected chi connectivity index (χ4v) is 6.00. The Morgan fingerprint density at radius 2 is 0.926 bits per heavy atom. The van der Waals surface area contributed by atoms with E-state index >= 15 is 0 Å². The fraction of sp³-hybridized carbons (Fsp3) is 0.909. The van der Waals surface area contributed by atoms with Crippen LogP contribution in [0, 0.1) is 35.5 Å². The van der Waals surface area contributed by atoms with Gasteiger partial charge in [-0.15, -0.1) is 0 Å². The van der Waals surface area contributed by atoms with Gasteiger partial charge in [-0.25, -0.2) is 4.39 Å². The van der Waals surface area contributed by atoms with Crippen molar-refractivity contribution in [1.82, 2.24) is 0 Å². The minimum Gasteiger partial charge on any atom is -0.208 e. The lowest BCUT2D eigenvalue weighted by Gasteiger charge is -2.41. The van der Waals surface area contributed by atoms with Crippen molar-refractivity contribution in [3.8, 4) is 0 Å². The zero-order chi connectivity index (χ0) is 19.6. The predicted octanol–water partition coefficient (Wildman–Crippen LogP) is 8.14. The summed E-state index contributed by atoms with van der Waals surface area (Å²) in [5.41, 5.74) is 0. The molecule has 3 fully saturated rings. The van der Waals surface area contributed by atoms with E-state index in [1.54, 1.807) is 0 Å². The Labute approximate surface area is 160 Å². The average molecular weight is 392 g/mol. The molecule has 0 spiro atoms. The molecule has 3 aliphatic rings. The SMILES string of the molecule is CC1CCC(C2CCC(C3CCC(/C(F)=C(\F)C(F)(F)F)CC3)CC2)CC1. The van der Waals surface area contributed by atoms with Crippen molar-refractivity contribution < 1.29 is 22.0 Å². The Morgan fingerprint density at radius 3 is 1.30 bits per heavy atom. The second-order valence-electron chi connectivity index (χ2n) is 9.47. The molecule has 0 N–H and O–H groups in total. The minimum atomic E-state index is -5.20. The molecular formula is C22H33F5. The first-order chi connectivity index (χ1) is 12.8. The van der Waals surface area contributed by atoms with Crippen LogP contribution in [0.3, 0.4) is 0 Å². The second kappa shape index (κ2) is 8.82. The summed E-state index contributed by atoms with van der Waals surface area (Å²) in [5.74, 6) is -1.24. The van der Waals surface area contributed by atoms with Crippen LogP contribution in [-0.4, -0.2) is 6.18 Å². The maximum atomic E-state index is 13.8. The number of rotatable bonds is 3. The molecule has 27 heavy (non-hydrogen) atoms. The van der Waals surface area contributed by atoms with E-state index in [1.807, 2.05) is 0 Å². The van der Waals surface area contributed by atoms with E-state index in [9.17, 15) is 22.0 Å². The van der Waals surface area contributed by atoms with E-state index in [1.165, 1.54) is 51.4 Å². The predicted molar refractivity (Wildman–Crippen MR) is 97.3 cm³/mol. The molecule has 0 bridgehead atoms. The Bertz CT molecular complexity index is 499. The third kappa shape index (κ3) is 5.26. The lowest BCUT2D eigenvalue weighted by molar-refractivity contribution is -0.112. The van der Waals surface area contributed by atoms with Gasteiger partial charge >= 0.3 is 6.18 Å². The van der Waals surface area contributed by atoms with Crippen molar-refractivity contribution in [2.45, 2.75) is 90.1 Å². The van der Waals surface area contributed by atoms with E-state index in [0.29, 0.717) is 24.7 Å². The van der Waals surface area contributed by atoms with E-state index in [0.717, 1.165) is 30.6 Å². The zero-order valence-corrected chi connectivity index (χ0v) is 16.3. The molecule has 0 saturated heterocycles. The Kier molecular flexibility index (Phi) is 6.89. The number of alkyl halides is 3. The number of halogens is 5. The topological polar surface area (TPSA) is 0 Å². The number of hydrogen-bond donors (Lipinski definition) is 0. The smallest absolute Gasteiger partial charge is 0.208 e. The van der Waals surface area contributed by atoms with Crippen LogP contribution in [-0.2, 0) is 0 Å². The summed E-state index contributed by atoms with van der Waals surface area (Å²) >= 11 is 0. The summed E-state index contributed by atoms with van der Waals surface area (Å²) in [5, 5.41) is 0. The van der Waals surface area contributed by atoms with Gasteiger partial charge in [0.15, 0.2) is 0 Å². The first-order valence-electron chi connectivity index (χ1n) is 10.9. The molecule has 0 heterocycles. The van der Waals surface area contributed by atoms with Crippen LogP contribution in [0.15, 0.2) is 11.7 Å². The quantitative estimate of drug-likeness (QED) is 0.425. The second-order valence-corrected chi connectivity index (χ2v) is 9.47. The Balaban J connectivity index is 1.45. The summed E-state index contributed by atoms with van der Waals surface area (Å²) in [4.78, 5) is 0. The first-order valence-corrected chi connectivity index (χ1v) is 10.9. The summed E-state index contributed by atoms with van der Waals surface area (Å²) < 4.78 is 64.1. The number of hydrogen-bond acceptors (Lipinski definition) is 0. The molecule has 3 saturated carbocycles. The van der Waals surface area contributed by atoms with Gasteiger partial charge in [-0.05, 0) is 93.8 Å². The van der Waals surface area contributed by atoms with E-state index in [2.05, 4.69) is 6.92 Å². The van der Waals surface area contributed by atoms with Crippen molar-refractivity contribution >= 4 is 0 Å². The van der Waals surface area contributed by atoms with Gasteiger partial charge in [0.1, 0.15) is 5.83 Å². The standard InChI is InChI=1S/C22H33F5/c1-14-2-4-15(5-3-14)16-6-8-17(9-7-16)18-10-12-19(13-11-18)20(23)21(24)22(25,26)27/h14-19H,2-13H2,1H3/b21-20+. The highest BCUT2D eigenvalue weighted by Crippen LogP contribution is 2.47. The molecule has 3 aliphatic carbocycles. The van der Waals surface area contributed by atoms with E-state index in [-0.39, 0.29) is 0 Å². The molecule has 0 aliphatic heterocycles. The summed E-state index contributed by atoms with van der Waals surface area (Å²) in [6.45, 7) is 2.35. The molecular weight excluding hydrogens is 359 g/mol. The van der Waals surface area contributed by atoms with Gasteiger partial charge in [0.05, 0.1) is 0 Å². The molecule has 0 aromatic rings. The lowest BCUT2D eigenvalue weighted by Crippen LogP contribution is -2.29. The van der Waals surface area contributed by atoms with Crippen molar-refractivity contribution in [3.05, 3.63) is 11.7 Å². The maximum Gasteiger partial charge on any atom is 0.445 e. The molecule has 0 atom stereocenters. The fourth-order valence-electron chi connectivity index (χ4n) is 6.00. The lowest BCUT2D eigenvalue weighted by atomic mass is 9.65. The molecule has 0 radical (unpaired) electrons. The van der Waals surface area contributed by atoms with E-state index < -0.39 is 23.7 Å². The van der Waals surface area contributed by atoms with Gasteiger partial charge in [-0.2, -0.15) is 17.6 Å². The molecule has 156 valence electrons. The highest BCUT2D eigenvalue weighted by atomic mass is 19.4. The van der Waals surface area contributed by atoms with Crippen LogP contribution >= 0.6 is 0 Å². The summed E-state index contributed by atoms with van der Waals surface area (Å²) in [6, 6.07) is 0. The molecule has 0 unspecified atom stereocenters. The monoisotopic (exact) mass is 392 g/mol. The third-order valence-corrected chi connectivity index (χ3v) is 7.80. The third-order valence-electron chi connectivity index (χ3n) is 7.80. The summed E-state index contributed by atoms with van der Waals surface area (Å²) in [6.07, 6.45) is 7.42. The molecule has 3 rings (SSSR count). The molecule has 0 aromatic heterocycles. The van der Waals surface area contributed by atoms with Crippen molar-refractivity contribution in [2.75, 3.05) is 0 Å². The van der Waals surface area contributed by atoms with Gasteiger partial charge in [0.25, 0.3) is 0 Å². The van der Waals surface area contributed by atoms with Crippen LogP contribution < -0.4 is 0 Å². The van der Waals surface area contributed by atoms with Crippen LogP contribution in [0.25, 0.3) is 0 Å². The maximum absolute atomic E-state index is 13.8. The van der Waals surface area contributed by atoms with Crippen molar-refractivity contribution in [1.29, 1.82) is 0 Å². The van der Waals surface area contributed by atoms with Crippen LogP contribution in [0.5, 0.6) is 0 Å². The van der Waals surface area contributed by atoms with Crippen molar-refractivity contribution in [3.63, 3.8) is 0 Å². The van der Waals surface area contributed by atoms with Gasteiger partial charge < -0.3 is 0 Å². The van der Waals surface area contributed by atoms with Gasteiger partial charge in [-0.3, -0.25) is 0 Å².